The van der Waals surface area contributed by atoms with Gasteiger partial charge >= 0.3 is 27.3 Å². The van der Waals surface area contributed by atoms with E-state index in [-0.39, 0.29) is 0 Å². The van der Waals surface area contributed by atoms with Gasteiger partial charge in [0.25, 0.3) is 0 Å². The predicted octanol–water partition coefficient (Wildman–Crippen LogP) is 0.886. The quantitative estimate of drug-likeness (QED) is 0.592. The molecule has 0 unspecified atom stereocenters. The molecule has 0 bridgehead atoms. The number of rotatable bonds is 5. The van der Waals surface area contributed by atoms with Crippen LogP contribution in [-0.4, -0.2) is 42.4 Å². The van der Waals surface area contributed by atoms with E-state index in [1.54, 1.807) is 6.92 Å². The molecule has 10 heteroatoms. The molecule has 0 radical (unpaired) electrons. The third-order valence-corrected chi connectivity index (χ3v) is 3.72. The lowest BCUT2D eigenvalue weighted by atomic mass is 10.1. The van der Waals surface area contributed by atoms with Crippen LogP contribution >= 0.6 is 0 Å². The predicted molar refractivity (Wildman–Crippen MR) is 60.4 cm³/mol. The molecular formula is C10H14F2O7S. The molecule has 1 N–H and O–H groups in total. The molecule has 0 saturated heterocycles. The minimum absolute atomic E-state index is 0.605. The Morgan fingerprint density at radius 3 is 2.25 bits per heavy atom. The molecule has 0 amide bonds. The monoisotopic (exact) mass is 316 g/mol. The van der Waals surface area contributed by atoms with Gasteiger partial charge in [0.2, 0.25) is 0 Å². The SMILES string of the molecule is CC1(OC(=O)COC(=O)C(F)(F)S(=O)(=O)O)CCCC1. The van der Waals surface area contributed by atoms with Gasteiger partial charge in [-0.25, -0.2) is 9.59 Å². The molecule has 1 aliphatic carbocycles. The molecule has 0 aromatic heterocycles. The van der Waals surface area contributed by atoms with Gasteiger partial charge in [-0.2, -0.15) is 17.2 Å². The molecule has 0 aromatic carbocycles. The molecule has 0 atom stereocenters. The maximum atomic E-state index is 12.8. The van der Waals surface area contributed by atoms with Gasteiger partial charge in [-0.15, -0.1) is 0 Å². The highest BCUT2D eigenvalue weighted by molar-refractivity contribution is 7.87. The third-order valence-electron chi connectivity index (χ3n) is 2.90. The number of alkyl halides is 2. The number of hydrogen-bond donors (Lipinski definition) is 1. The van der Waals surface area contributed by atoms with Crippen molar-refractivity contribution >= 4 is 22.1 Å². The molecule has 1 fully saturated rings. The van der Waals surface area contributed by atoms with Crippen LogP contribution in [0.3, 0.4) is 0 Å². The van der Waals surface area contributed by atoms with E-state index in [0.717, 1.165) is 12.8 Å². The summed E-state index contributed by atoms with van der Waals surface area (Å²) < 4.78 is 63.1. The Labute approximate surface area is 114 Å². The topological polar surface area (TPSA) is 107 Å². The lowest BCUT2D eigenvalue weighted by Crippen LogP contribution is -2.40. The number of hydrogen-bond acceptors (Lipinski definition) is 6. The molecule has 20 heavy (non-hydrogen) atoms. The van der Waals surface area contributed by atoms with Gasteiger partial charge in [0.05, 0.1) is 0 Å². The van der Waals surface area contributed by atoms with Gasteiger partial charge in [0.15, 0.2) is 6.61 Å². The summed E-state index contributed by atoms with van der Waals surface area (Å²) in [5, 5.41) is -5.12. The third kappa shape index (κ3) is 3.85. The van der Waals surface area contributed by atoms with E-state index in [1.165, 1.54) is 0 Å². The zero-order valence-corrected chi connectivity index (χ0v) is 11.4. The summed E-state index contributed by atoms with van der Waals surface area (Å²) in [5.74, 6) is -3.59. The molecule has 0 spiro atoms. The van der Waals surface area contributed by atoms with Crippen LogP contribution in [0.4, 0.5) is 8.78 Å². The number of ether oxygens (including phenoxy) is 2. The Morgan fingerprint density at radius 1 is 1.30 bits per heavy atom. The van der Waals surface area contributed by atoms with Crippen LogP contribution in [0.15, 0.2) is 0 Å². The first-order valence-electron chi connectivity index (χ1n) is 5.72. The van der Waals surface area contributed by atoms with Crippen molar-refractivity contribution in [1.82, 2.24) is 0 Å². The summed E-state index contributed by atoms with van der Waals surface area (Å²) in [6, 6.07) is 0. The molecular weight excluding hydrogens is 302 g/mol. The van der Waals surface area contributed by atoms with Gasteiger partial charge in [-0.05, 0) is 32.6 Å². The highest BCUT2D eigenvalue weighted by atomic mass is 32.2. The van der Waals surface area contributed by atoms with E-state index < -0.39 is 39.5 Å². The van der Waals surface area contributed by atoms with Gasteiger partial charge in [0.1, 0.15) is 5.60 Å². The van der Waals surface area contributed by atoms with E-state index in [9.17, 15) is 26.8 Å². The summed E-state index contributed by atoms with van der Waals surface area (Å²) in [6.07, 6.45) is 2.91. The fraction of sp³-hybridized carbons (Fsp3) is 0.800. The van der Waals surface area contributed by atoms with E-state index >= 15 is 0 Å². The fourth-order valence-electron chi connectivity index (χ4n) is 1.84. The number of carbonyl (C=O) groups is 2. The standard InChI is InChI=1S/C10H14F2O7S/c1-9(4-2-3-5-9)19-7(13)6-18-8(14)10(11,12)20(15,16)17/h2-6H2,1H3,(H,15,16,17). The lowest BCUT2D eigenvalue weighted by molar-refractivity contribution is -0.175. The highest BCUT2D eigenvalue weighted by Crippen LogP contribution is 2.32. The zero-order chi connectivity index (χ0) is 15.6. The molecule has 1 rings (SSSR count). The zero-order valence-electron chi connectivity index (χ0n) is 10.6. The average molecular weight is 316 g/mol. The van der Waals surface area contributed by atoms with E-state index in [0.29, 0.717) is 12.8 Å². The van der Waals surface area contributed by atoms with Gasteiger partial charge in [-0.1, -0.05) is 0 Å². The summed E-state index contributed by atoms with van der Waals surface area (Å²) in [6.45, 7) is 0.506. The minimum atomic E-state index is -5.94. The molecule has 116 valence electrons. The average Bonchev–Trinajstić information content (AvgIpc) is 2.70. The Morgan fingerprint density at radius 2 is 1.80 bits per heavy atom. The second-order valence-electron chi connectivity index (χ2n) is 4.70. The van der Waals surface area contributed by atoms with Crippen molar-refractivity contribution < 1.29 is 40.8 Å². The van der Waals surface area contributed by atoms with Crippen molar-refractivity contribution in [2.24, 2.45) is 0 Å². The van der Waals surface area contributed by atoms with E-state index in [4.69, 9.17) is 9.29 Å². The van der Waals surface area contributed by atoms with Gasteiger partial charge in [0, 0.05) is 0 Å². The summed E-state index contributed by atoms with van der Waals surface area (Å²) >= 11 is 0. The molecule has 0 aromatic rings. The lowest BCUT2D eigenvalue weighted by Gasteiger charge is -2.23. The molecule has 7 nitrogen and oxygen atoms in total. The first kappa shape index (κ1) is 16.8. The number of esters is 2. The van der Waals surface area contributed by atoms with Crippen molar-refractivity contribution in [2.75, 3.05) is 6.61 Å². The van der Waals surface area contributed by atoms with Crippen LogP contribution in [0.1, 0.15) is 32.6 Å². The van der Waals surface area contributed by atoms with Gasteiger partial charge in [-0.3, -0.25) is 4.55 Å². The molecule has 1 saturated carbocycles. The molecule has 0 heterocycles. The smallest absolute Gasteiger partial charge is 0.457 e. The summed E-state index contributed by atoms with van der Waals surface area (Å²) in [7, 11) is -5.94. The van der Waals surface area contributed by atoms with Crippen LogP contribution in [0.25, 0.3) is 0 Å². The normalized spacial score (nSPS) is 18.6. The van der Waals surface area contributed by atoms with Crippen molar-refractivity contribution in [3.8, 4) is 0 Å². The minimum Gasteiger partial charge on any atom is -0.457 e. The molecule has 1 aliphatic rings. The van der Waals surface area contributed by atoms with Crippen LogP contribution in [0.5, 0.6) is 0 Å². The summed E-state index contributed by atoms with van der Waals surface area (Å²) in [5.41, 5.74) is -0.727. The Bertz CT molecular complexity index is 494. The highest BCUT2D eigenvalue weighted by Gasteiger charge is 2.54. The fourth-order valence-corrected chi connectivity index (χ4v) is 2.11. The Kier molecular flexibility index (Phi) is 4.70. The van der Waals surface area contributed by atoms with Crippen LogP contribution < -0.4 is 0 Å². The largest absolute Gasteiger partial charge is 0.465 e. The van der Waals surface area contributed by atoms with Crippen LogP contribution in [0.2, 0.25) is 0 Å². The first-order chi connectivity index (χ1) is 8.98. The maximum absolute atomic E-state index is 12.8. The van der Waals surface area contributed by atoms with Crippen molar-refractivity contribution in [1.29, 1.82) is 0 Å². The van der Waals surface area contributed by atoms with Crippen molar-refractivity contribution in [3.63, 3.8) is 0 Å². The Hall–Kier alpha value is -1.29. The summed E-state index contributed by atoms with van der Waals surface area (Å²) in [4.78, 5) is 22.1. The van der Waals surface area contributed by atoms with Crippen molar-refractivity contribution in [3.05, 3.63) is 0 Å². The van der Waals surface area contributed by atoms with Crippen LogP contribution in [-0.2, 0) is 29.2 Å². The maximum Gasteiger partial charge on any atom is 0.465 e. The van der Waals surface area contributed by atoms with Crippen molar-refractivity contribution in [2.45, 2.75) is 43.5 Å². The first-order valence-corrected chi connectivity index (χ1v) is 7.16. The second kappa shape index (κ2) is 5.60. The Balaban J connectivity index is 2.51. The molecule has 0 aliphatic heterocycles. The van der Waals surface area contributed by atoms with Gasteiger partial charge < -0.3 is 9.47 Å². The van der Waals surface area contributed by atoms with E-state index in [1.807, 2.05) is 0 Å². The number of carbonyl (C=O) groups excluding carboxylic acids is 2. The van der Waals surface area contributed by atoms with E-state index in [2.05, 4.69) is 4.74 Å². The number of halogens is 2. The van der Waals surface area contributed by atoms with Crippen LogP contribution in [0, 0.1) is 0 Å². The second-order valence-corrected chi connectivity index (χ2v) is 6.16.